The minimum Gasteiger partial charge on any atom is -0.431 e. The third kappa shape index (κ3) is 17.5. The molecule has 0 aliphatic rings. The van der Waals surface area contributed by atoms with Gasteiger partial charge in [-0.25, -0.2) is 43.7 Å². The van der Waals surface area contributed by atoms with E-state index in [1.54, 1.807) is 79.7 Å². The molecule has 0 N–H and O–H groups in total. The Bertz CT molecular complexity index is 1830. The molecule has 0 bridgehead atoms. The molecule has 0 aliphatic heterocycles. The van der Waals surface area contributed by atoms with Crippen molar-refractivity contribution in [3.05, 3.63) is 123 Å². The smallest absolute Gasteiger partial charge is 0.431 e. The summed E-state index contributed by atoms with van der Waals surface area (Å²) in [6, 6.07) is 20.0. The van der Waals surface area contributed by atoms with Crippen LogP contribution in [0, 0.1) is 5.41 Å². The number of ether oxygens (including phenoxy) is 3. The van der Waals surface area contributed by atoms with Crippen LogP contribution in [0.2, 0.25) is 0 Å². The van der Waals surface area contributed by atoms with Gasteiger partial charge in [-0.2, -0.15) is 14.4 Å². The van der Waals surface area contributed by atoms with E-state index in [0.29, 0.717) is 6.42 Å². The molecule has 0 radical (unpaired) electrons. The average molecular weight is 893 g/mol. The molecule has 0 aliphatic carbocycles. The van der Waals surface area contributed by atoms with Crippen molar-refractivity contribution >= 4 is 80.5 Å². The summed E-state index contributed by atoms with van der Waals surface area (Å²) >= 11 is 0. The van der Waals surface area contributed by atoms with Crippen LogP contribution in [-0.2, 0) is 43.5 Å². The van der Waals surface area contributed by atoms with Crippen molar-refractivity contribution in [2.75, 3.05) is 19.8 Å². The topological polar surface area (TPSA) is 185 Å². The summed E-state index contributed by atoms with van der Waals surface area (Å²) in [5.41, 5.74) is -1.13. The highest BCUT2D eigenvalue weighted by atomic mass is 28.2. The Kier molecular flexibility index (Phi) is 20.4. The Morgan fingerprint density at radius 2 is 0.721 bits per heavy atom. The van der Waals surface area contributed by atoms with E-state index < -0.39 is 90.2 Å². The summed E-state index contributed by atoms with van der Waals surface area (Å²) < 4.78 is 15.6. The number of rotatable bonds is 17. The molecule has 0 spiro atoms. The fourth-order valence-corrected chi connectivity index (χ4v) is 9.45. The summed E-state index contributed by atoms with van der Waals surface area (Å²) in [4.78, 5) is 103. The maximum atomic E-state index is 12.6. The lowest BCUT2D eigenvalue weighted by Crippen LogP contribution is -2.40. The second-order valence-corrected chi connectivity index (χ2v) is 21.1. The molecule has 326 valence electrons. The Hall–Kier alpha value is -6.25. The van der Waals surface area contributed by atoms with Crippen molar-refractivity contribution in [1.82, 2.24) is 0 Å². The number of carbonyl (C=O) groups is 6. The van der Waals surface area contributed by atoms with E-state index in [0.717, 1.165) is 15.6 Å². The van der Waals surface area contributed by atoms with Gasteiger partial charge >= 0.3 is 36.4 Å². The fourth-order valence-electron chi connectivity index (χ4n) is 5.49. The first kappa shape index (κ1) is 49.1. The summed E-state index contributed by atoms with van der Waals surface area (Å²) in [6.45, 7) is 11.8. The SMILES string of the molecule is CC=C(C)[SiH2]c1ccc(C(=O)OOC(=O)OCC(CCC)(COC(=O)OOC(=O)c2ccc([SiH2]C(C)=CC)cc2)COC(=O)OOC(=O)c2ccc([SiH2]C(C)=CC)cc2)cc1. The van der Waals surface area contributed by atoms with E-state index >= 15 is 0 Å². The number of benzene rings is 3. The van der Waals surface area contributed by atoms with Crippen molar-refractivity contribution < 1.29 is 72.3 Å². The quantitative estimate of drug-likeness (QED) is 0.0597. The molecule has 61 heavy (non-hydrogen) atoms. The minimum atomic E-state index is -1.51. The Morgan fingerprint density at radius 3 is 0.951 bits per heavy atom. The second-order valence-electron chi connectivity index (χ2n) is 14.3. The van der Waals surface area contributed by atoms with Crippen molar-refractivity contribution in [3.63, 3.8) is 0 Å². The molecule has 0 saturated heterocycles. The molecule has 15 nitrogen and oxygen atoms in total. The lowest BCUT2D eigenvalue weighted by Gasteiger charge is -2.30. The van der Waals surface area contributed by atoms with E-state index in [2.05, 4.69) is 29.3 Å². The van der Waals surface area contributed by atoms with Gasteiger partial charge in [0, 0.05) is 0 Å². The maximum Gasteiger partial charge on any atom is 0.549 e. The Balaban J connectivity index is 1.64. The van der Waals surface area contributed by atoms with Gasteiger partial charge in [-0.1, -0.05) is 99.1 Å². The van der Waals surface area contributed by atoms with Crippen LogP contribution in [0.5, 0.6) is 0 Å². The number of hydrogen-bond acceptors (Lipinski definition) is 15. The lowest BCUT2D eigenvalue weighted by molar-refractivity contribution is -0.217. The average Bonchev–Trinajstić information content (AvgIpc) is 3.27. The molecule has 3 aromatic rings. The zero-order chi connectivity index (χ0) is 44.8. The van der Waals surface area contributed by atoms with Crippen molar-refractivity contribution in [3.8, 4) is 0 Å². The van der Waals surface area contributed by atoms with Crippen LogP contribution in [0.25, 0.3) is 0 Å². The van der Waals surface area contributed by atoms with Crippen LogP contribution in [-0.4, -0.2) is 84.8 Å². The Morgan fingerprint density at radius 1 is 0.459 bits per heavy atom. The minimum absolute atomic E-state index is 0.0767. The van der Waals surface area contributed by atoms with Crippen molar-refractivity contribution in [2.24, 2.45) is 5.41 Å². The normalized spacial score (nSPS) is 13.1. The standard InChI is InChI=1S/C43H52O15Si3/c1-8-24-43(25-50-40(47)56-53-37(44)31-12-18-34(19-13-31)59-28(5)9-2,26-51-41(48)57-54-38(45)32-14-20-35(21-15-32)60-29(6)10-3)27-52-42(49)58-55-39(46)33-16-22-36(23-17-33)61-30(7)11-4/h9-23H,8,24-27,59-61H2,1-7H3. The molecule has 0 amide bonds. The molecule has 0 heterocycles. The summed E-state index contributed by atoms with van der Waals surface area (Å²) in [5.74, 6) is -2.88. The second kappa shape index (κ2) is 25.4. The highest BCUT2D eigenvalue weighted by molar-refractivity contribution is 6.61. The maximum absolute atomic E-state index is 12.6. The van der Waals surface area contributed by atoms with Crippen LogP contribution >= 0.6 is 0 Å². The van der Waals surface area contributed by atoms with Crippen LogP contribution < -0.4 is 15.6 Å². The van der Waals surface area contributed by atoms with E-state index in [4.69, 9.17) is 14.2 Å². The molecule has 0 saturated carbocycles. The van der Waals surface area contributed by atoms with Gasteiger partial charge in [-0.15, -0.1) is 0 Å². The van der Waals surface area contributed by atoms with Crippen LogP contribution in [0.1, 0.15) is 92.4 Å². The van der Waals surface area contributed by atoms with Gasteiger partial charge in [-0.05, 0) is 84.4 Å². The largest absolute Gasteiger partial charge is 0.549 e. The van der Waals surface area contributed by atoms with Crippen LogP contribution in [0.15, 0.2) is 107 Å². The van der Waals surface area contributed by atoms with Gasteiger partial charge < -0.3 is 14.2 Å². The van der Waals surface area contributed by atoms with Crippen molar-refractivity contribution in [2.45, 2.75) is 61.3 Å². The van der Waals surface area contributed by atoms with Gasteiger partial charge in [0.05, 0.1) is 50.7 Å². The highest BCUT2D eigenvalue weighted by Crippen LogP contribution is 2.27. The highest BCUT2D eigenvalue weighted by Gasteiger charge is 2.37. The molecule has 0 atom stereocenters. The van der Waals surface area contributed by atoms with E-state index in [1.165, 1.54) is 15.6 Å². The molecule has 0 aromatic heterocycles. The van der Waals surface area contributed by atoms with Crippen LogP contribution in [0.3, 0.4) is 0 Å². The molecular formula is C43H52O15Si3. The van der Waals surface area contributed by atoms with E-state index in [-0.39, 0.29) is 23.1 Å². The molecule has 18 heteroatoms. The molecule has 3 rings (SSSR count). The first-order chi connectivity index (χ1) is 29.2. The number of hydrogen-bond donors (Lipinski definition) is 0. The first-order valence-electron chi connectivity index (χ1n) is 19.5. The zero-order valence-corrected chi connectivity index (χ0v) is 39.7. The fraction of sp³-hybridized carbons (Fsp3) is 0.302. The summed E-state index contributed by atoms with van der Waals surface area (Å²) in [7, 11) is -1.99. The molecule has 0 unspecified atom stereocenters. The molecular weight excluding hydrogens is 841 g/mol. The lowest BCUT2D eigenvalue weighted by atomic mass is 9.86. The first-order valence-corrected chi connectivity index (χ1v) is 23.7. The van der Waals surface area contributed by atoms with Gasteiger partial charge in [0.2, 0.25) is 0 Å². The van der Waals surface area contributed by atoms with E-state index in [9.17, 15) is 28.8 Å². The predicted octanol–water partition coefficient (Wildman–Crippen LogP) is 4.70. The van der Waals surface area contributed by atoms with Crippen molar-refractivity contribution in [1.29, 1.82) is 0 Å². The summed E-state index contributed by atoms with van der Waals surface area (Å²) in [6.07, 6.45) is 2.22. The van der Waals surface area contributed by atoms with Gasteiger partial charge in [-0.3, -0.25) is 0 Å². The Labute approximate surface area is 361 Å². The van der Waals surface area contributed by atoms with Gasteiger partial charge in [0.15, 0.2) is 0 Å². The van der Waals surface area contributed by atoms with E-state index in [1.807, 2.05) is 59.8 Å². The number of allylic oxidation sites excluding steroid dienone is 6. The number of carbonyl (C=O) groups excluding carboxylic acids is 6. The predicted molar refractivity (Wildman–Crippen MR) is 233 cm³/mol. The zero-order valence-electron chi connectivity index (χ0n) is 35.4. The molecule has 0 fully saturated rings. The van der Waals surface area contributed by atoms with Gasteiger partial charge in [0.1, 0.15) is 19.8 Å². The third-order valence-corrected chi connectivity index (χ3v) is 14.9. The summed E-state index contributed by atoms with van der Waals surface area (Å²) in [5, 5.41) is 7.11. The van der Waals surface area contributed by atoms with Gasteiger partial charge in [0.25, 0.3) is 0 Å². The monoisotopic (exact) mass is 892 g/mol. The molecule has 3 aromatic carbocycles. The van der Waals surface area contributed by atoms with Crippen LogP contribution in [0.4, 0.5) is 14.4 Å². The third-order valence-electron chi connectivity index (χ3n) is 9.32.